The first-order valence-electron chi connectivity index (χ1n) is 9.01. The number of nitrogens with one attached hydrogen (secondary N) is 2. The molecule has 1 aromatic heterocycles. The summed E-state index contributed by atoms with van der Waals surface area (Å²) in [4.78, 5) is 10.7. The summed E-state index contributed by atoms with van der Waals surface area (Å²) in [6, 6.07) is 4.42. The summed E-state index contributed by atoms with van der Waals surface area (Å²) in [5, 5.41) is 10.7. The van der Waals surface area contributed by atoms with E-state index in [9.17, 15) is 8.78 Å². The van der Waals surface area contributed by atoms with E-state index in [1.54, 1.807) is 17.8 Å². The summed E-state index contributed by atoms with van der Waals surface area (Å²) in [5.41, 5.74) is 0.793. The van der Waals surface area contributed by atoms with E-state index in [1.165, 1.54) is 18.5 Å². The minimum atomic E-state index is -0.804. The third-order valence-corrected chi connectivity index (χ3v) is 4.76. The van der Waals surface area contributed by atoms with Gasteiger partial charge in [0.2, 0.25) is 0 Å². The SMILES string of the molecule is CN=C(NCc1ncnn1C)NC1CCN(Cc2ccc(F)c(F)c2)CC1.I. The molecule has 1 aliphatic rings. The lowest BCUT2D eigenvalue weighted by atomic mass is 10.0. The Kier molecular flexibility index (Phi) is 8.55. The lowest BCUT2D eigenvalue weighted by molar-refractivity contribution is 0.198. The van der Waals surface area contributed by atoms with Gasteiger partial charge in [-0.05, 0) is 30.5 Å². The standard InChI is InChI=1S/C18H25F2N7.HI/c1-21-18(22-10-17-23-12-24-26(17)2)25-14-5-7-27(8-6-14)11-13-3-4-15(19)16(20)9-13;/h3-4,9,12,14H,5-8,10-11H2,1-2H3,(H2,21,22,25);1H. The summed E-state index contributed by atoms with van der Waals surface area (Å²) < 4.78 is 28.1. The molecule has 1 saturated heterocycles. The van der Waals surface area contributed by atoms with Gasteiger partial charge < -0.3 is 10.6 Å². The van der Waals surface area contributed by atoms with Crippen LogP contribution in [0.5, 0.6) is 0 Å². The Hall–Kier alpha value is -1.82. The number of benzene rings is 1. The van der Waals surface area contributed by atoms with Crippen molar-refractivity contribution in [1.82, 2.24) is 30.3 Å². The Morgan fingerprint density at radius 3 is 2.61 bits per heavy atom. The summed E-state index contributed by atoms with van der Waals surface area (Å²) in [6.07, 6.45) is 3.43. The van der Waals surface area contributed by atoms with Gasteiger partial charge in [0.25, 0.3) is 0 Å². The predicted octanol–water partition coefficient (Wildman–Crippen LogP) is 2.04. The summed E-state index contributed by atoms with van der Waals surface area (Å²) in [7, 11) is 3.59. The molecule has 0 spiro atoms. The van der Waals surface area contributed by atoms with Crippen LogP contribution in [0.15, 0.2) is 29.5 Å². The van der Waals surface area contributed by atoms with Crippen molar-refractivity contribution in [3.63, 3.8) is 0 Å². The Labute approximate surface area is 180 Å². The van der Waals surface area contributed by atoms with Gasteiger partial charge in [0, 0.05) is 39.8 Å². The minimum Gasteiger partial charge on any atom is -0.354 e. The molecule has 28 heavy (non-hydrogen) atoms. The van der Waals surface area contributed by atoms with E-state index < -0.39 is 11.6 Å². The zero-order chi connectivity index (χ0) is 19.2. The van der Waals surface area contributed by atoms with Crippen molar-refractivity contribution in [2.75, 3.05) is 20.1 Å². The summed E-state index contributed by atoms with van der Waals surface area (Å²) >= 11 is 0. The molecule has 10 heteroatoms. The number of nitrogens with zero attached hydrogens (tertiary/aromatic N) is 5. The van der Waals surface area contributed by atoms with Crippen molar-refractivity contribution in [3.05, 3.63) is 47.5 Å². The molecule has 154 valence electrons. The average molecular weight is 505 g/mol. The third kappa shape index (κ3) is 6.09. The van der Waals surface area contributed by atoms with Crippen LogP contribution in [0.2, 0.25) is 0 Å². The normalized spacial score (nSPS) is 15.9. The number of likely N-dealkylation sites (tertiary alicyclic amines) is 1. The van der Waals surface area contributed by atoms with Crippen LogP contribution in [-0.2, 0) is 20.1 Å². The van der Waals surface area contributed by atoms with Gasteiger partial charge in [-0.25, -0.2) is 13.8 Å². The van der Waals surface area contributed by atoms with Crippen molar-refractivity contribution in [3.8, 4) is 0 Å². The fraction of sp³-hybridized carbons (Fsp3) is 0.500. The first-order valence-corrected chi connectivity index (χ1v) is 9.01. The van der Waals surface area contributed by atoms with E-state index in [-0.39, 0.29) is 24.0 Å². The first kappa shape index (κ1) is 22.5. The number of hydrogen-bond acceptors (Lipinski definition) is 4. The third-order valence-electron chi connectivity index (χ3n) is 4.76. The second-order valence-corrected chi connectivity index (χ2v) is 6.67. The Morgan fingerprint density at radius 2 is 2.00 bits per heavy atom. The lowest BCUT2D eigenvalue weighted by Crippen LogP contribution is -2.48. The van der Waals surface area contributed by atoms with Crippen LogP contribution in [0.1, 0.15) is 24.2 Å². The largest absolute Gasteiger partial charge is 0.354 e. The van der Waals surface area contributed by atoms with Gasteiger partial charge in [-0.3, -0.25) is 14.6 Å². The van der Waals surface area contributed by atoms with Gasteiger partial charge in [-0.15, -0.1) is 24.0 Å². The lowest BCUT2D eigenvalue weighted by Gasteiger charge is -2.33. The number of aromatic nitrogens is 3. The molecule has 1 aliphatic heterocycles. The van der Waals surface area contributed by atoms with Gasteiger partial charge in [-0.1, -0.05) is 6.07 Å². The number of rotatable bonds is 5. The van der Waals surface area contributed by atoms with Gasteiger partial charge >= 0.3 is 0 Å². The van der Waals surface area contributed by atoms with Crippen LogP contribution < -0.4 is 10.6 Å². The van der Waals surface area contributed by atoms with E-state index >= 15 is 0 Å². The molecule has 2 aromatic rings. The topological polar surface area (TPSA) is 70.4 Å². The van der Waals surface area contributed by atoms with Gasteiger partial charge in [0.15, 0.2) is 17.6 Å². The molecule has 2 N–H and O–H groups in total. The van der Waals surface area contributed by atoms with E-state index in [0.717, 1.165) is 43.3 Å². The maximum Gasteiger partial charge on any atom is 0.191 e. The fourth-order valence-corrected chi connectivity index (χ4v) is 3.16. The van der Waals surface area contributed by atoms with Crippen molar-refractivity contribution < 1.29 is 8.78 Å². The van der Waals surface area contributed by atoms with Crippen LogP contribution >= 0.6 is 24.0 Å². The van der Waals surface area contributed by atoms with Crippen molar-refractivity contribution in [1.29, 1.82) is 0 Å². The molecule has 1 aromatic carbocycles. The Bertz CT molecular complexity index is 788. The molecule has 0 bridgehead atoms. The molecule has 7 nitrogen and oxygen atoms in total. The number of aryl methyl sites for hydroxylation is 1. The maximum atomic E-state index is 13.3. The second-order valence-electron chi connectivity index (χ2n) is 6.67. The average Bonchev–Trinajstić information content (AvgIpc) is 3.08. The van der Waals surface area contributed by atoms with Gasteiger partial charge in [0.05, 0.1) is 6.54 Å². The summed E-state index contributed by atoms with van der Waals surface area (Å²) in [5.74, 6) is -0.0277. The minimum absolute atomic E-state index is 0. The van der Waals surface area contributed by atoms with Crippen molar-refractivity contribution in [2.45, 2.75) is 32.0 Å². The molecule has 0 unspecified atom stereocenters. The van der Waals surface area contributed by atoms with Crippen LogP contribution in [0.4, 0.5) is 8.78 Å². The quantitative estimate of drug-likeness (QED) is 0.370. The summed E-state index contributed by atoms with van der Waals surface area (Å²) in [6.45, 7) is 2.95. The smallest absolute Gasteiger partial charge is 0.191 e. The zero-order valence-corrected chi connectivity index (χ0v) is 18.4. The molecule has 1 fully saturated rings. The first-order chi connectivity index (χ1) is 13.0. The Morgan fingerprint density at radius 1 is 1.25 bits per heavy atom. The van der Waals surface area contributed by atoms with Crippen LogP contribution in [0.25, 0.3) is 0 Å². The number of hydrogen-bond donors (Lipinski definition) is 2. The van der Waals surface area contributed by atoms with Crippen LogP contribution in [0.3, 0.4) is 0 Å². The molecule has 0 aliphatic carbocycles. The van der Waals surface area contributed by atoms with E-state index in [4.69, 9.17) is 0 Å². The highest BCUT2D eigenvalue weighted by molar-refractivity contribution is 14.0. The number of halogens is 3. The fourth-order valence-electron chi connectivity index (χ4n) is 3.16. The van der Waals surface area contributed by atoms with E-state index in [0.29, 0.717) is 19.1 Å². The number of piperidine rings is 1. The molecule has 3 rings (SSSR count). The monoisotopic (exact) mass is 505 g/mol. The highest BCUT2D eigenvalue weighted by Crippen LogP contribution is 2.16. The molecule has 0 amide bonds. The van der Waals surface area contributed by atoms with Crippen molar-refractivity contribution in [2.24, 2.45) is 12.0 Å². The molecule has 0 saturated carbocycles. The molecular formula is C18H26F2IN7. The van der Waals surface area contributed by atoms with Crippen LogP contribution in [0, 0.1) is 11.6 Å². The second kappa shape index (κ2) is 10.6. The zero-order valence-electron chi connectivity index (χ0n) is 16.0. The molecule has 0 atom stereocenters. The molecular weight excluding hydrogens is 479 g/mol. The molecule has 2 heterocycles. The number of aliphatic imine (C=N–C) groups is 1. The maximum absolute atomic E-state index is 13.3. The van der Waals surface area contributed by atoms with Gasteiger partial charge in [-0.2, -0.15) is 5.10 Å². The highest BCUT2D eigenvalue weighted by Gasteiger charge is 2.20. The van der Waals surface area contributed by atoms with E-state index in [2.05, 4.69) is 30.6 Å². The number of guanidine groups is 1. The van der Waals surface area contributed by atoms with E-state index in [1.807, 2.05) is 7.05 Å². The van der Waals surface area contributed by atoms with Gasteiger partial charge in [0.1, 0.15) is 12.2 Å². The molecule has 0 radical (unpaired) electrons. The van der Waals surface area contributed by atoms with Crippen molar-refractivity contribution >= 4 is 29.9 Å². The Balaban J connectivity index is 0.00000280. The predicted molar refractivity (Wildman–Crippen MR) is 114 cm³/mol. The van der Waals surface area contributed by atoms with Crippen LogP contribution in [-0.4, -0.2) is 51.8 Å². The highest BCUT2D eigenvalue weighted by atomic mass is 127.